The van der Waals surface area contributed by atoms with Crippen molar-refractivity contribution in [3.63, 3.8) is 0 Å². The summed E-state index contributed by atoms with van der Waals surface area (Å²) in [4.78, 5) is 16.3. The van der Waals surface area contributed by atoms with Crippen molar-refractivity contribution in [3.05, 3.63) is 53.9 Å². The first kappa shape index (κ1) is 14.0. The Balaban J connectivity index is 2.28. The summed E-state index contributed by atoms with van der Waals surface area (Å²) in [5.41, 5.74) is 5.34. The van der Waals surface area contributed by atoms with Crippen LogP contribution in [0.4, 0.5) is 11.4 Å². The van der Waals surface area contributed by atoms with Crippen LogP contribution in [0.2, 0.25) is 0 Å². The van der Waals surface area contributed by atoms with Gasteiger partial charge in [-0.25, -0.2) is 0 Å². The molecule has 1 aromatic heterocycles. The Morgan fingerprint density at radius 1 is 1.20 bits per heavy atom. The second kappa shape index (κ2) is 6.16. The summed E-state index contributed by atoms with van der Waals surface area (Å²) < 4.78 is 0. The van der Waals surface area contributed by atoms with Gasteiger partial charge in [0, 0.05) is 11.9 Å². The number of para-hydroxylation sites is 1. The molecule has 0 aliphatic carbocycles. The molecule has 2 rings (SSSR count). The molecule has 0 fully saturated rings. The van der Waals surface area contributed by atoms with Gasteiger partial charge in [0.15, 0.2) is 0 Å². The third-order valence-electron chi connectivity index (χ3n) is 3.05. The van der Waals surface area contributed by atoms with E-state index < -0.39 is 0 Å². The number of hydrogen-bond acceptors (Lipinski definition) is 4. The number of nitrogens with two attached hydrogens (primary N) is 1. The lowest BCUT2D eigenvalue weighted by Crippen LogP contribution is -2.18. The molecule has 0 atom stereocenters. The van der Waals surface area contributed by atoms with E-state index >= 15 is 0 Å². The number of amides is 1. The molecule has 0 aliphatic rings. The Kier molecular flexibility index (Phi) is 4.32. The molecule has 1 aromatic carbocycles. The van der Waals surface area contributed by atoms with Crippen LogP contribution in [0, 0.1) is 0 Å². The smallest absolute Gasteiger partial charge is 0.257 e. The molecule has 0 spiro atoms. The molecule has 0 unspecified atom stereocenters. The standard InChI is InChI=1S/C15H18N4O/c1-10(2)11-5-3-4-6-13(11)18-15(20)12-7-8-17-9-14(12)19-16/h3-10,19H,16H2,1-2H3,(H,18,20). The van der Waals surface area contributed by atoms with E-state index in [2.05, 4.69) is 29.6 Å². The van der Waals surface area contributed by atoms with Gasteiger partial charge in [0.2, 0.25) is 0 Å². The number of hydrazine groups is 1. The molecule has 0 saturated carbocycles. The fraction of sp³-hybridized carbons (Fsp3) is 0.200. The van der Waals surface area contributed by atoms with Crippen LogP contribution >= 0.6 is 0 Å². The van der Waals surface area contributed by atoms with Gasteiger partial charge in [-0.15, -0.1) is 0 Å². The molecule has 20 heavy (non-hydrogen) atoms. The van der Waals surface area contributed by atoms with Crippen molar-refractivity contribution >= 4 is 17.3 Å². The van der Waals surface area contributed by atoms with Gasteiger partial charge in [0.1, 0.15) is 0 Å². The Morgan fingerprint density at radius 3 is 2.65 bits per heavy atom. The molecule has 0 bridgehead atoms. The molecule has 0 radical (unpaired) electrons. The van der Waals surface area contributed by atoms with E-state index in [0.717, 1.165) is 11.3 Å². The number of nitrogen functional groups attached to an aromatic ring is 1. The highest BCUT2D eigenvalue weighted by molar-refractivity contribution is 6.08. The van der Waals surface area contributed by atoms with Gasteiger partial charge in [0.05, 0.1) is 17.4 Å². The number of aromatic nitrogens is 1. The average Bonchev–Trinajstić information content (AvgIpc) is 2.47. The number of nitrogens with one attached hydrogen (secondary N) is 2. The predicted octanol–water partition coefficient (Wildman–Crippen LogP) is 2.74. The van der Waals surface area contributed by atoms with E-state index in [1.165, 1.54) is 6.20 Å². The Hall–Kier alpha value is -2.40. The van der Waals surface area contributed by atoms with Crippen molar-refractivity contribution in [1.82, 2.24) is 4.98 Å². The van der Waals surface area contributed by atoms with Crippen LogP contribution in [0.15, 0.2) is 42.7 Å². The number of rotatable bonds is 4. The summed E-state index contributed by atoms with van der Waals surface area (Å²) in [6, 6.07) is 9.39. The van der Waals surface area contributed by atoms with E-state index in [-0.39, 0.29) is 5.91 Å². The fourth-order valence-electron chi connectivity index (χ4n) is 2.01. The molecule has 5 nitrogen and oxygen atoms in total. The van der Waals surface area contributed by atoms with Gasteiger partial charge in [-0.05, 0) is 23.6 Å². The number of pyridine rings is 1. The third-order valence-corrected chi connectivity index (χ3v) is 3.05. The van der Waals surface area contributed by atoms with E-state index in [9.17, 15) is 4.79 Å². The van der Waals surface area contributed by atoms with Gasteiger partial charge < -0.3 is 10.7 Å². The van der Waals surface area contributed by atoms with Crippen molar-refractivity contribution in [2.75, 3.05) is 10.7 Å². The molecule has 4 N–H and O–H groups in total. The molecule has 0 saturated heterocycles. The van der Waals surface area contributed by atoms with Crippen molar-refractivity contribution in [2.24, 2.45) is 5.84 Å². The van der Waals surface area contributed by atoms with Crippen LogP contribution in [0.5, 0.6) is 0 Å². The van der Waals surface area contributed by atoms with Crippen LogP contribution in [0.25, 0.3) is 0 Å². The minimum atomic E-state index is -0.214. The molecule has 104 valence electrons. The molecule has 5 heteroatoms. The van der Waals surface area contributed by atoms with Crippen LogP contribution in [-0.4, -0.2) is 10.9 Å². The lowest BCUT2D eigenvalue weighted by Gasteiger charge is -2.14. The molecule has 1 amide bonds. The first-order valence-corrected chi connectivity index (χ1v) is 6.44. The Bertz CT molecular complexity index is 610. The summed E-state index contributed by atoms with van der Waals surface area (Å²) in [7, 11) is 0. The van der Waals surface area contributed by atoms with Crippen molar-refractivity contribution < 1.29 is 4.79 Å². The number of nitrogens with zero attached hydrogens (tertiary/aromatic N) is 1. The van der Waals surface area contributed by atoms with Crippen LogP contribution in [0.3, 0.4) is 0 Å². The van der Waals surface area contributed by atoms with Crippen molar-refractivity contribution in [2.45, 2.75) is 19.8 Å². The topological polar surface area (TPSA) is 80.0 Å². The zero-order valence-electron chi connectivity index (χ0n) is 11.6. The van der Waals surface area contributed by atoms with Crippen LogP contribution in [-0.2, 0) is 0 Å². The largest absolute Gasteiger partial charge is 0.322 e. The minimum absolute atomic E-state index is 0.214. The molecule has 0 aliphatic heterocycles. The van der Waals surface area contributed by atoms with E-state index in [4.69, 9.17) is 5.84 Å². The number of hydrogen-bond donors (Lipinski definition) is 3. The first-order chi connectivity index (χ1) is 9.63. The second-order valence-electron chi connectivity index (χ2n) is 4.76. The maximum atomic E-state index is 12.3. The number of benzene rings is 1. The quantitative estimate of drug-likeness (QED) is 0.589. The monoisotopic (exact) mass is 270 g/mol. The SMILES string of the molecule is CC(C)c1ccccc1NC(=O)c1ccncc1NN. The highest BCUT2D eigenvalue weighted by atomic mass is 16.1. The van der Waals surface area contributed by atoms with Gasteiger partial charge >= 0.3 is 0 Å². The summed E-state index contributed by atoms with van der Waals surface area (Å²) in [5, 5.41) is 2.92. The van der Waals surface area contributed by atoms with Crippen molar-refractivity contribution in [1.29, 1.82) is 0 Å². The van der Waals surface area contributed by atoms with Gasteiger partial charge in [-0.3, -0.25) is 15.6 Å². The highest BCUT2D eigenvalue weighted by Crippen LogP contribution is 2.24. The van der Waals surface area contributed by atoms with Gasteiger partial charge in [-0.1, -0.05) is 32.0 Å². The maximum Gasteiger partial charge on any atom is 0.257 e. The first-order valence-electron chi connectivity index (χ1n) is 6.44. The van der Waals surface area contributed by atoms with Crippen LogP contribution in [0.1, 0.15) is 35.7 Å². The Morgan fingerprint density at radius 2 is 1.95 bits per heavy atom. The van der Waals surface area contributed by atoms with E-state index in [0.29, 0.717) is 17.2 Å². The van der Waals surface area contributed by atoms with E-state index in [1.54, 1.807) is 12.3 Å². The third kappa shape index (κ3) is 2.95. The van der Waals surface area contributed by atoms with E-state index in [1.807, 2.05) is 24.3 Å². The summed E-state index contributed by atoms with van der Waals surface area (Å²) in [6.45, 7) is 4.18. The fourth-order valence-corrected chi connectivity index (χ4v) is 2.01. The summed E-state index contributed by atoms with van der Waals surface area (Å²) in [5.74, 6) is 5.51. The second-order valence-corrected chi connectivity index (χ2v) is 4.76. The molecule has 1 heterocycles. The predicted molar refractivity (Wildman–Crippen MR) is 80.5 cm³/mol. The molecular formula is C15H18N4O. The van der Waals surface area contributed by atoms with Gasteiger partial charge in [0.25, 0.3) is 5.91 Å². The normalized spacial score (nSPS) is 10.4. The zero-order chi connectivity index (χ0) is 14.5. The van der Waals surface area contributed by atoms with Crippen LogP contribution < -0.4 is 16.6 Å². The van der Waals surface area contributed by atoms with Gasteiger partial charge in [-0.2, -0.15) is 0 Å². The van der Waals surface area contributed by atoms with Crippen molar-refractivity contribution in [3.8, 4) is 0 Å². The summed E-state index contributed by atoms with van der Waals surface area (Å²) >= 11 is 0. The molecular weight excluding hydrogens is 252 g/mol. The summed E-state index contributed by atoms with van der Waals surface area (Å²) in [6.07, 6.45) is 3.08. The highest BCUT2D eigenvalue weighted by Gasteiger charge is 2.13. The lowest BCUT2D eigenvalue weighted by molar-refractivity contribution is 0.102. The maximum absolute atomic E-state index is 12.3. The molecule has 2 aromatic rings. The number of anilines is 2. The Labute approximate surface area is 118 Å². The average molecular weight is 270 g/mol. The number of carbonyl (C=O) groups is 1. The zero-order valence-corrected chi connectivity index (χ0v) is 11.6. The lowest BCUT2D eigenvalue weighted by atomic mass is 10.0. The number of carbonyl (C=O) groups excluding carboxylic acids is 1. The minimum Gasteiger partial charge on any atom is -0.322 e.